The Kier molecular flexibility index (Phi) is 4.76. The topological polar surface area (TPSA) is 123 Å². The maximum absolute atomic E-state index is 11.8. The third-order valence-electron chi connectivity index (χ3n) is 3.11. The second kappa shape index (κ2) is 6.56. The smallest absolute Gasteiger partial charge is 0.351 e. The summed E-state index contributed by atoms with van der Waals surface area (Å²) >= 11 is 0. The van der Waals surface area contributed by atoms with Crippen molar-refractivity contribution in [1.29, 1.82) is 0 Å². The molecule has 9 nitrogen and oxygen atoms in total. The maximum Gasteiger partial charge on any atom is 0.351 e. The van der Waals surface area contributed by atoms with Gasteiger partial charge in [-0.05, 0) is 6.07 Å². The van der Waals surface area contributed by atoms with Crippen LogP contribution in [0.15, 0.2) is 17.1 Å². The van der Waals surface area contributed by atoms with E-state index in [0.717, 1.165) is 0 Å². The third-order valence-corrected chi connectivity index (χ3v) is 3.11. The molecule has 1 aromatic heterocycles. The lowest BCUT2D eigenvalue weighted by Gasteiger charge is -2.17. The fraction of sp³-hybridized carbons (Fsp3) is 0.538. The molecule has 1 fully saturated rings. The van der Waals surface area contributed by atoms with Crippen molar-refractivity contribution in [1.82, 2.24) is 9.55 Å². The van der Waals surface area contributed by atoms with Crippen molar-refractivity contribution < 1.29 is 23.8 Å². The molecule has 9 heteroatoms. The van der Waals surface area contributed by atoms with E-state index in [2.05, 4.69) is 4.98 Å². The molecule has 0 aliphatic carbocycles. The third kappa shape index (κ3) is 3.82. The lowest BCUT2D eigenvalue weighted by molar-refractivity contribution is -0.155. The summed E-state index contributed by atoms with van der Waals surface area (Å²) in [6.07, 6.45) is -0.246. The minimum absolute atomic E-state index is 0.0685. The molecule has 1 aromatic rings. The molecule has 2 rings (SSSR count). The van der Waals surface area contributed by atoms with Crippen molar-refractivity contribution in [3.8, 4) is 0 Å². The fourth-order valence-electron chi connectivity index (χ4n) is 2.20. The lowest BCUT2D eigenvalue weighted by Crippen LogP contribution is -2.31. The van der Waals surface area contributed by atoms with Crippen LogP contribution in [0.2, 0.25) is 0 Å². The highest BCUT2D eigenvalue weighted by Gasteiger charge is 2.39. The van der Waals surface area contributed by atoms with Gasteiger partial charge in [-0.3, -0.25) is 14.2 Å². The number of aromatic nitrogens is 2. The van der Waals surface area contributed by atoms with E-state index in [0.29, 0.717) is 0 Å². The largest absolute Gasteiger partial charge is 0.463 e. The molecular formula is C13H17N3O6. The quantitative estimate of drug-likeness (QED) is 0.746. The normalized spacial score (nSPS) is 24.0. The minimum Gasteiger partial charge on any atom is -0.463 e. The highest BCUT2D eigenvalue weighted by atomic mass is 16.6. The molecule has 2 heterocycles. The number of esters is 2. The van der Waals surface area contributed by atoms with Crippen LogP contribution in [0.3, 0.4) is 0 Å². The summed E-state index contributed by atoms with van der Waals surface area (Å²) in [4.78, 5) is 37.5. The molecule has 3 atom stereocenters. The van der Waals surface area contributed by atoms with Crippen LogP contribution >= 0.6 is 0 Å². The number of carbonyl (C=O) groups is 2. The van der Waals surface area contributed by atoms with E-state index in [4.69, 9.17) is 19.9 Å². The van der Waals surface area contributed by atoms with Crippen LogP contribution in [0.5, 0.6) is 0 Å². The summed E-state index contributed by atoms with van der Waals surface area (Å²) in [6.45, 7) is 2.47. The fourth-order valence-corrected chi connectivity index (χ4v) is 2.20. The number of nitrogen functional groups attached to an aromatic ring is 1. The summed E-state index contributed by atoms with van der Waals surface area (Å²) in [5.41, 5.74) is 4.87. The van der Waals surface area contributed by atoms with Crippen molar-refractivity contribution in [3.05, 3.63) is 22.7 Å². The zero-order valence-corrected chi connectivity index (χ0v) is 12.2. The average molecular weight is 311 g/mol. The Morgan fingerprint density at radius 2 is 2.18 bits per heavy atom. The van der Waals surface area contributed by atoms with Gasteiger partial charge in [0.1, 0.15) is 30.9 Å². The molecular weight excluding hydrogens is 294 g/mol. The summed E-state index contributed by atoms with van der Waals surface area (Å²) in [5.74, 6) is -0.850. The van der Waals surface area contributed by atoms with Crippen LogP contribution in [0.4, 0.5) is 5.82 Å². The first-order valence-electron chi connectivity index (χ1n) is 6.67. The van der Waals surface area contributed by atoms with Gasteiger partial charge in [-0.25, -0.2) is 4.79 Å². The second-order valence-electron chi connectivity index (χ2n) is 4.86. The monoisotopic (exact) mass is 311 g/mol. The summed E-state index contributed by atoms with van der Waals surface area (Å²) in [5, 5.41) is 0. The van der Waals surface area contributed by atoms with E-state index in [1.165, 1.54) is 30.7 Å². The average Bonchev–Trinajstić information content (AvgIpc) is 2.78. The summed E-state index contributed by atoms with van der Waals surface area (Å²) < 4.78 is 17.0. The zero-order chi connectivity index (χ0) is 16.3. The van der Waals surface area contributed by atoms with E-state index in [9.17, 15) is 14.4 Å². The van der Waals surface area contributed by atoms with Gasteiger partial charge in [-0.2, -0.15) is 4.98 Å². The SMILES string of the molecule is CC(=O)OC[C@H]1O[C@@H](n2ccc(N)nc2=O)C[C@@H]1OC(C)=O. The van der Waals surface area contributed by atoms with Gasteiger partial charge < -0.3 is 19.9 Å². The highest BCUT2D eigenvalue weighted by molar-refractivity contribution is 5.66. The van der Waals surface area contributed by atoms with Crippen LogP contribution in [0.1, 0.15) is 26.5 Å². The van der Waals surface area contributed by atoms with Crippen LogP contribution in [-0.2, 0) is 23.8 Å². The molecule has 120 valence electrons. The Morgan fingerprint density at radius 1 is 1.45 bits per heavy atom. The van der Waals surface area contributed by atoms with E-state index in [1.807, 2.05) is 0 Å². The molecule has 0 saturated carbocycles. The second-order valence-corrected chi connectivity index (χ2v) is 4.86. The molecule has 22 heavy (non-hydrogen) atoms. The number of nitrogens with zero attached hydrogens (tertiary/aromatic N) is 2. The summed E-state index contributed by atoms with van der Waals surface area (Å²) in [7, 11) is 0. The highest BCUT2D eigenvalue weighted by Crippen LogP contribution is 2.30. The molecule has 2 N–H and O–H groups in total. The van der Waals surface area contributed by atoms with Gasteiger partial charge >= 0.3 is 17.6 Å². The molecule has 1 aliphatic rings. The van der Waals surface area contributed by atoms with Crippen molar-refractivity contribution >= 4 is 17.8 Å². The van der Waals surface area contributed by atoms with Gasteiger partial charge in [0.05, 0.1) is 0 Å². The molecule has 0 bridgehead atoms. The first-order chi connectivity index (χ1) is 10.4. The number of ether oxygens (including phenoxy) is 3. The first kappa shape index (κ1) is 16.0. The number of nitrogens with two attached hydrogens (primary N) is 1. The Balaban J connectivity index is 2.15. The molecule has 1 aliphatic heterocycles. The molecule has 0 radical (unpaired) electrons. The van der Waals surface area contributed by atoms with Crippen molar-refractivity contribution in [3.63, 3.8) is 0 Å². The van der Waals surface area contributed by atoms with E-state index in [1.54, 1.807) is 0 Å². The Hall–Kier alpha value is -2.42. The number of hydrogen-bond acceptors (Lipinski definition) is 8. The van der Waals surface area contributed by atoms with E-state index in [-0.39, 0.29) is 18.8 Å². The van der Waals surface area contributed by atoms with Gasteiger partial charge in [0.2, 0.25) is 0 Å². The molecule has 1 saturated heterocycles. The molecule has 0 amide bonds. The van der Waals surface area contributed by atoms with Crippen LogP contribution in [0, 0.1) is 0 Å². The predicted molar refractivity (Wildman–Crippen MR) is 73.6 cm³/mol. The van der Waals surface area contributed by atoms with Gasteiger partial charge in [-0.1, -0.05) is 0 Å². The van der Waals surface area contributed by atoms with Gasteiger partial charge in [-0.15, -0.1) is 0 Å². The Labute approximate surface area is 126 Å². The van der Waals surface area contributed by atoms with Crippen molar-refractivity contribution in [2.24, 2.45) is 0 Å². The number of carbonyl (C=O) groups excluding carboxylic acids is 2. The standard InChI is InChI=1S/C13H17N3O6/c1-7(17)20-6-10-9(21-8(2)18)5-12(22-10)16-4-3-11(14)15-13(16)19/h3-4,9-10,12H,5-6H2,1-2H3,(H2,14,15,19)/t9-,10+,12+/m0/s1. The summed E-state index contributed by atoms with van der Waals surface area (Å²) in [6, 6.07) is 1.46. The van der Waals surface area contributed by atoms with Gasteiger partial charge in [0, 0.05) is 26.5 Å². The van der Waals surface area contributed by atoms with E-state index < -0.39 is 36.1 Å². The number of rotatable bonds is 4. The lowest BCUT2D eigenvalue weighted by atomic mass is 10.2. The van der Waals surface area contributed by atoms with Crippen LogP contribution in [0.25, 0.3) is 0 Å². The zero-order valence-electron chi connectivity index (χ0n) is 12.2. The van der Waals surface area contributed by atoms with E-state index >= 15 is 0 Å². The first-order valence-corrected chi connectivity index (χ1v) is 6.67. The van der Waals surface area contributed by atoms with Crippen LogP contribution < -0.4 is 11.4 Å². The molecule has 0 unspecified atom stereocenters. The van der Waals surface area contributed by atoms with Gasteiger partial charge in [0.25, 0.3) is 0 Å². The molecule has 0 aromatic carbocycles. The Bertz CT molecular complexity index is 628. The number of anilines is 1. The van der Waals surface area contributed by atoms with Crippen molar-refractivity contribution in [2.75, 3.05) is 12.3 Å². The van der Waals surface area contributed by atoms with Gasteiger partial charge in [0.15, 0.2) is 0 Å². The number of hydrogen-bond donors (Lipinski definition) is 1. The molecule has 0 spiro atoms. The maximum atomic E-state index is 11.8. The Morgan fingerprint density at radius 3 is 2.77 bits per heavy atom. The van der Waals surface area contributed by atoms with Crippen LogP contribution in [-0.4, -0.2) is 40.3 Å². The van der Waals surface area contributed by atoms with Crippen molar-refractivity contribution in [2.45, 2.75) is 38.7 Å². The predicted octanol–water partition coefficient (Wildman–Crippen LogP) is -0.392. The minimum atomic E-state index is -0.675.